The first-order valence-electron chi connectivity index (χ1n) is 2.98. The topological polar surface area (TPSA) is 37.3 Å². The predicted octanol–water partition coefficient (Wildman–Crippen LogP) is 1.65. The second-order valence-corrected chi connectivity index (χ2v) is 2.90. The molecule has 0 fully saturated rings. The highest BCUT2D eigenvalue weighted by molar-refractivity contribution is 8.02. The molecule has 3 heteroatoms. The van der Waals surface area contributed by atoms with Gasteiger partial charge in [-0.25, -0.2) is 0 Å². The Morgan fingerprint density at radius 3 is 3.10 bits per heavy atom. The normalized spacial score (nSPS) is 16.6. The van der Waals surface area contributed by atoms with Crippen LogP contribution in [0.5, 0.6) is 0 Å². The van der Waals surface area contributed by atoms with Gasteiger partial charge in [-0.05, 0) is 11.0 Å². The standard InChI is InChI=1S/C7H8O2S/c8-7(9)4-6-2-1-3-10-5-6/h1-2,5H,3-4H2,(H,8,9). The van der Waals surface area contributed by atoms with Gasteiger partial charge in [0.05, 0.1) is 6.42 Å². The highest BCUT2D eigenvalue weighted by atomic mass is 32.2. The summed E-state index contributed by atoms with van der Waals surface area (Å²) in [5, 5.41) is 10.3. The fourth-order valence-corrected chi connectivity index (χ4v) is 1.40. The Kier molecular flexibility index (Phi) is 2.57. The molecule has 0 saturated carbocycles. The SMILES string of the molecule is O=C(O)CC1=CSCC=C1. The molecule has 0 atom stereocenters. The molecule has 0 aromatic rings. The van der Waals surface area contributed by atoms with Gasteiger partial charge in [-0.2, -0.15) is 0 Å². The number of allylic oxidation sites excluding steroid dienone is 1. The van der Waals surface area contributed by atoms with Gasteiger partial charge in [-0.15, -0.1) is 11.8 Å². The predicted molar refractivity (Wildman–Crippen MR) is 41.9 cm³/mol. The average Bonchev–Trinajstić information content (AvgIpc) is 1.88. The molecule has 1 aliphatic rings. The Labute approximate surface area is 63.6 Å². The molecule has 1 N–H and O–H groups in total. The van der Waals surface area contributed by atoms with Crippen LogP contribution in [-0.4, -0.2) is 16.8 Å². The number of hydrogen-bond acceptors (Lipinski definition) is 2. The monoisotopic (exact) mass is 156 g/mol. The summed E-state index contributed by atoms with van der Waals surface area (Å²) in [5.74, 6) is 0.196. The van der Waals surface area contributed by atoms with Crippen molar-refractivity contribution in [1.29, 1.82) is 0 Å². The smallest absolute Gasteiger partial charge is 0.307 e. The van der Waals surface area contributed by atoms with Crippen LogP contribution in [0, 0.1) is 0 Å². The van der Waals surface area contributed by atoms with Crippen molar-refractivity contribution in [2.24, 2.45) is 0 Å². The Morgan fingerprint density at radius 2 is 2.60 bits per heavy atom. The van der Waals surface area contributed by atoms with E-state index in [-0.39, 0.29) is 6.42 Å². The molecule has 1 aliphatic heterocycles. The maximum absolute atomic E-state index is 10.2. The summed E-state index contributed by atoms with van der Waals surface area (Å²) < 4.78 is 0. The lowest BCUT2D eigenvalue weighted by Crippen LogP contribution is -1.96. The Bertz CT molecular complexity index is 194. The summed E-state index contributed by atoms with van der Waals surface area (Å²) in [7, 11) is 0. The molecular weight excluding hydrogens is 148 g/mol. The zero-order chi connectivity index (χ0) is 7.40. The summed E-state index contributed by atoms with van der Waals surface area (Å²) in [6.07, 6.45) is 3.98. The van der Waals surface area contributed by atoms with E-state index in [1.54, 1.807) is 11.8 Å². The molecular formula is C7H8O2S. The van der Waals surface area contributed by atoms with Crippen LogP contribution in [0.15, 0.2) is 23.1 Å². The maximum atomic E-state index is 10.2. The molecule has 54 valence electrons. The maximum Gasteiger partial charge on any atom is 0.307 e. The summed E-state index contributed by atoms with van der Waals surface area (Å²) in [4.78, 5) is 10.2. The number of hydrogen-bond donors (Lipinski definition) is 1. The van der Waals surface area contributed by atoms with Crippen molar-refractivity contribution in [3.63, 3.8) is 0 Å². The lowest BCUT2D eigenvalue weighted by atomic mass is 10.2. The fraction of sp³-hybridized carbons (Fsp3) is 0.286. The molecule has 0 aromatic carbocycles. The van der Waals surface area contributed by atoms with Crippen molar-refractivity contribution in [3.8, 4) is 0 Å². The minimum atomic E-state index is -0.765. The lowest BCUT2D eigenvalue weighted by molar-refractivity contribution is -0.136. The molecule has 0 saturated heterocycles. The van der Waals surface area contributed by atoms with Gasteiger partial charge in [0.25, 0.3) is 0 Å². The first-order chi connectivity index (χ1) is 4.79. The number of carbonyl (C=O) groups is 1. The fourth-order valence-electron chi connectivity index (χ4n) is 0.725. The summed E-state index contributed by atoms with van der Waals surface area (Å²) in [6.45, 7) is 0. The van der Waals surface area contributed by atoms with E-state index >= 15 is 0 Å². The third-order valence-electron chi connectivity index (χ3n) is 1.11. The van der Waals surface area contributed by atoms with E-state index < -0.39 is 5.97 Å². The molecule has 0 bridgehead atoms. The zero-order valence-corrected chi connectivity index (χ0v) is 6.23. The Morgan fingerprint density at radius 1 is 1.80 bits per heavy atom. The highest BCUT2D eigenvalue weighted by Gasteiger charge is 2.01. The number of carboxylic acid groups (broad SMARTS) is 1. The van der Waals surface area contributed by atoms with Crippen molar-refractivity contribution in [3.05, 3.63) is 23.1 Å². The van der Waals surface area contributed by atoms with Crippen LogP contribution in [0.3, 0.4) is 0 Å². The van der Waals surface area contributed by atoms with Gasteiger partial charge >= 0.3 is 5.97 Å². The molecule has 2 nitrogen and oxygen atoms in total. The van der Waals surface area contributed by atoms with Crippen molar-refractivity contribution >= 4 is 17.7 Å². The van der Waals surface area contributed by atoms with Crippen LogP contribution in [0.4, 0.5) is 0 Å². The third-order valence-corrected chi connectivity index (χ3v) is 1.97. The number of rotatable bonds is 2. The second kappa shape index (κ2) is 3.46. The Balaban J connectivity index is 2.48. The summed E-state index contributed by atoms with van der Waals surface area (Å²) in [5.41, 5.74) is 0.892. The van der Waals surface area contributed by atoms with Crippen molar-refractivity contribution < 1.29 is 9.90 Å². The van der Waals surface area contributed by atoms with E-state index in [9.17, 15) is 4.79 Å². The van der Waals surface area contributed by atoms with Gasteiger partial charge in [-0.1, -0.05) is 12.2 Å². The lowest BCUT2D eigenvalue weighted by Gasteiger charge is -2.01. The highest BCUT2D eigenvalue weighted by Crippen LogP contribution is 2.16. The van der Waals surface area contributed by atoms with Crippen LogP contribution in [-0.2, 0) is 4.79 Å². The molecule has 0 aromatic heterocycles. The molecule has 0 aliphatic carbocycles. The third kappa shape index (κ3) is 2.27. The van der Waals surface area contributed by atoms with E-state index in [1.807, 2.05) is 17.6 Å². The van der Waals surface area contributed by atoms with Crippen LogP contribution in [0.25, 0.3) is 0 Å². The van der Waals surface area contributed by atoms with Crippen LogP contribution >= 0.6 is 11.8 Å². The largest absolute Gasteiger partial charge is 0.481 e. The van der Waals surface area contributed by atoms with Crippen molar-refractivity contribution in [2.45, 2.75) is 6.42 Å². The van der Waals surface area contributed by atoms with Gasteiger partial charge < -0.3 is 5.11 Å². The van der Waals surface area contributed by atoms with E-state index in [2.05, 4.69) is 0 Å². The van der Waals surface area contributed by atoms with E-state index in [1.165, 1.54) is 0 Å². The molecule has 10 heavy (non-hydrogen) atoms. The molecule has 0 radical (unpaired) electrons. The minimum absolute atomic E-state index is 0.142. The van der Waals surface area contributed by atoms with Crippen LogP contribution < -0.4 is 0 Å². The molecule has 1 heterocycles. The number of carboxylic acids is 1. The summed E-state index contributed by atoms with van der Waals surface area (Å²) >= 11 is 1.63. The summed E-state index contributed by atoms with van der Waals surface area (Å²) in [6, 6.07) is 0. The van der Waals surface area contributed by atoms with E-state index in [4.69, 9.17) is 5.11 Å². The minimum Gasteiger partial charge on any atom is -0.481 e. The van der Waals surface area contributed by atoms with Crippen LogP contribution in [0.2, 0.25) is 0 Å². The molecule has 1 rings (SSSR count). The van der Waals surface area contributed by atoms with E-state index in [0.717, 1.165) is 11.3 Å². The number of thioether (sulfide) groups is 1. The zero-order valence-electron chi connectivity index (χ0n) is 5.41. The van der Waals surface area contributed by atoms with Crippen molar-refractivity contribution in [2.75, 3.05) is 5.75 Å². The molecule has 0 amide bonds. The second-order valence-electron chi connectivity index (χ2n) is 2.00. The van der Waals surface area contributed by atoms with Crippen LogP contribution in [0.1, 0.15) is 6.42 Å². The molecule has 0 unspecified atom stereocenters. The van der Waals surface area contributed by atoms with E-state index in [0.29, 0.717) is 0 Å². The van der Waals surface area contributed by atoms with Gasteiger partial charge in [0, 0.05) is 5.75 Å². The quantitative estimate of drug-likeness (QED) is 0.660. The first kappa shape index (κ1) is 7.41. The number of aliphatic carboxylic acids is 1. The van der Waals surface area contributed by atoms with Crippen molar-refractivity contribution in [1.82, 2.24) is 0 Å². The van der Waals surface area contributed by atoms with Gasteiger partial charge in [0.1, 0.15) is 0 Å². The first-order valence-corrected chi connectivity index (χ1v) is 4.03. The average molecular weight is 156 g/mol. The Hall–Kier alpha value is -0.700. The van der Waals surface area contributed by atoms with Gasteiger partial charge in [0.15, 0.2) is 0 Å². The molecule has 0 spiro atoms. The van der Waals surface area contributed by atoms with Gasteiger partial charge in [-0.3, -0.25) is 4.79 Å². The van der Waals surface area contributed by atoms with Gasteiger partial charge in [0.2, 0.25) is 0 Å².